The van der Waals surface area contributed by atoms with Crippen molar-refractivity contribution in [2.75, 3.05) is 12.4 Å². The van der Waals surface area contributed by atoms with Gasteiger partial charge in [-0.05, 0) is 25.5 Å². The van der Waals surface area contributed by atoms with Crippen LogP contribution in [0.1, 0.15) is 46.0 Å². The molecule has 0 radical (unpaired) electrons. The number of imidazole rings is 1. The number of unbranched alkanes of at least 4 members (excludes halogenated alkanes) is 2. The summed E-state index contributed by atoms with van der Waals surface area (Å²) in [7, 11) is 0. The quantitative estimate of drug-likeness (QED) is 0.275. The molecule has 28 heavy (non-hydrogen) atoms. The molecule has 0 bridgehead atoms. The maximum absolute atomic E-state index is 12.6. The van der Waals surface area contributed by atoms with Crippen molar-refractivity contribution in [3.05, 3.63) is 24.3 Å². The van der Waals surface area contributed by atoms with Crippen LogP contribution in [0.2, 0.25) is 0 Å². The highest BCUT2D eigenvalue weighted by atomic mass is 35.5. The Labute approximate surface area is 175 Å². The third kappa shape index (κ3) is 4.81. The normalized spacial score (nSPS) is 21.4. The first-order chi connectivity index (χ1) is 13.1. The molecular weight excluding hydrogens is 400 g/mol. The number of carbonyl (C=O) groups excluding carboxylic acids is 2. The number of nitrogens with zero attached hydrogens (tertiary/aromatic N) is 1. The molecule has 0 aliphatic carbocycles. The maximum atomic E-state index is 12.6. The maximum Gasteiger partial charge on any atom is 0.323 e. The summed E-state index contributed by atoms with van der Waals surface area (Å²) >= 11 is 1.50. The SMILES string of the molecule is CCCCCC1(C(=O)OCC)CC(CSc2nc3ccccc3[nH]2)OC1=O.Cl. The van der Waals surface area contributed by atoms with E-state index in [4.69, 9.17) is 9.47 Å². The second-order valence-corrected chi connectivity index (χ2v) is 7.87. The molecule has 0 saturated carbocycles. The average molecular weight is 427 g/mol. The molecule has 1 aromatic heterocycles. The van der Waals surface area contributed by atoms with E-state index in [-0.39, 0.29) is 25.1 Å². The number of nitrogens with one attached hydrogen (secondary N) is 1. The Hall–Kier alpha value is -1.73. The van der Waals surface area contributed by atoms with E-state index in [1.165, 1.54) is 11.8 Å². The molecule has 6 nitrogen and oxygen atoms in total. The van der Waals surface area contributed by atoms with E-state index in [0.717, 1.165) is 35.5 Å². The van der Waals surface area contributed by atoms with E-state index in [2.05, 4.69) is 16.9 Å². The van der Waals surface area contributed by atoms with Crippen molar-refractivity contribution in [1.29, 1.82) is 0 Å². The van der Waals surface area contributed by atoms with Gasteiger partial charge < -0.3 is 14.5 Å². The number of fused-ring (bicyclic) bond motifs is 1. The summed E-state index contributed by atoms with van der Waals surface area (Å²) in [6.45, 7) is 4.11. The molecule has 0 spiro atoms. The van der Waals surface area contributed by atoms with Crippen LogP contribution in [0.3, 0.4) is 0 Å². The van der Waals surface area contributed by atoms with Gasteiger partial charge in [0.15, 0.2) is 10.6 Å². The third-order valence-corrected chi connectivity index (χ3v) is 5.89. The standard InChI is InChI=1S/C20H26N2O4S.ClH/c1-3-5-8-11-20(17(23)25-4-2)12-14(26-18(20)24)13-27-19-21-15-9-6-7-10-16(15)22-19;/h6-7,9-10,14H,3-5,8,11-13H2,1-2H3,(H,21,22);1H. The van der Waals surface area contributed by atoms with Crippen molar-refractivity contribution in [3.63, 3.8) is 0 Å². The predicted molar refractivity (Wildman–Crippen MR) is 112 cm³/mol. The molecule has 1 saturated heterocycles. The summed E-state index contributed by atoms with van der Waals surface area (Å²) in [6.07, 6.45) is 3.37. The topological polar surface area (TPSA) is 81.3 Å². The number of H-pyrrole nitrogens is 1. The number of para-hydroxylation sites is 2. The van der Waals surface area contributed by atoms with Crippen LogP contribution in [-0.4, -0.2) is 40.4 Å². The third-order valence-electron chi connectivity index (χ3n) is 4.89. The fourth-order valence-corrected chi connectivity index (χ4v) is 4.33. The van der Waals surface area contributed by atoms with Crippen LogP contribution < -0.4 is 0 Å². The second kappa shape index (κ2) is 10.2. The summed E-state index contributed by atoms with van der Waals surface area (Å²) in [5.74, 6) is -0.324. The van der Waals surface area contributed by atoms with Gasteiger partial charge in [0.2, 0.25) is 0 Å². The number of hydrogen-bond acceptors (Lipinski definition) is 6. The number of aromatic amines is 1. The number of halogens is 1. The predicted octanol–water partition coefficient (Wildman–Crippen LogP) is 4.52. The largest absolute Gasteiger partial charge is 0.465 e. The smallest absolute Gasteiger partial charge is 0.323 e. The van der Waals surface area contributed by atoms with E-state index >= 15 is 0 Å². The van der Waals surface area contributed by atoms with Gasteiger partial charge in [0.25, 0.3) is 0 Å². The lowest BCUT2D eigenvalue weighted by Gasteiger charge is -2.22. The summed E-state index contributed by atoms with van der Waals surface area (Å²) in [5.41, 5.74) is 0.734. The molecule has 1 aromatic carbocycles. The van der Waals surface area contributed by atoms with E-state index in [9.17, 15) is 9.59 Å². The zero-order chi connectivity index (χ0) is 19.3. The number of rotatable bonds is 9. The van der Waals surface area contributed by atoms with Crippen molar-refractivity contribution in [1.82, 2.24) is 9.97 Å². The van der Waals surface area contributed by atoms with Crippen LogP contribution in [0.5, 0.6) is 0 Å². The summed E-state index contributed by atoms with van der Waals surface area (Å²) in [6, 6.07) is 7.82. The van der Waals surface area contributed by atoms with Gasteiger partial charge in [-0.2, -0.15) is 0 Å². The number of benzene rings is 1. The van der Waals surface area contributed by atoms with Gasteiger partial charge in [0.1, 0.15) is 6.10 Å². The molecule has 1 fully saturated rings. The van der Waals surface area contributed by atoms with Gasteiger partial charge in [-0.3, -0.25) is 9.59 Å². The van der Waals surface area contributed by atoms with Gasteiger partial charge in [-0.15, -0.1) is 12.4 Å². The first-order valence-corrected chi connectivity index (χ1v) is 10.5. The fraction of sp³-hybridized carbons (Fsp3) is 0.550. The second-order valence-electron chi connectivity index (χ2n) is 6.86. The molecule has 2 heterocycles. The number of cyclic esters (lactones) is 1. The highest BCUT2D eigenvalue weighted by Gasteiger charge is 2.55. The number of thioether (sulfide) groups is 1. The molecule has 3 rings (SSSR count). The lowest BCUT2D eigenvalue weighted by Crippen LogP contribution is -2.37. The van der Waals surface area contributed by atoms with Crippen LogP contribution in [0, 0.1) is 5.41 Å². The van der Waals surface area contributed by atoms with Crippen LogP contribution in [0.15, 0.2) is 29.4 Å². The van der Waals surface area contributed by atoms with Gasteiger partial charge in [0.05, 0.1) is 17.6 Å². The van der Waals surface area contributed by atoms with Crippen LogP contribution >= 0.6 is 24.2 Å². The zero-order valence-corrected chi connectivity index (χ0v) is 17.9. The fourth-order valence-electron chi connectivity index (χ4n) is 3.46. The van der Waals surface area contributed by atoms with Crippen molar-refractivity contribution in [3.8, 4) is 0 Å². The van der Waals surface area contributed by atoms with E-state index < -0.39 is 17.4 Å². The van der Waals surface area contributed by atoms with Crippen LogP contribution in [-0.2, 0) is 19.1 Å². The molecule has 154 valence electrons. The highest BCUT2D eigenvalue weighted by molar-refractivity contribution is 7.99. The first kappa shape index (κ1) is 22.6. The van der Waals surface area contributed by atoms with E-state index in [0.29, 0.717) is 18.6 Å². The minimum atomic E-state index is -1.15. The first-order valence-electron chi connectivity index (χ1n) is 9.55. The summed E-state index contributed by atoms with van der Waals surface area (Å²) in [5, 5.41) is 0.784. The molecule has 1 N–H and O–H groups in total. The Balaban J connectivity index is 0.00000280. The van der Waals surface area contributed by atoms with Gasteiger partial charge >= 0.3 is 11.9 Å². The van der Waals surface area contributed by atoms with Crippen molar-refractivity contribution >= 4 is 47.1 Å². The Kier molecular flexibility index (Phi) is 8.19. The lowest BCUT2D eigenvalue weighted by molar-refractivity contribution is -0.165. The van der Waals surface area contributed by atoms with Crippen LogP contribution in [0.4, 0.5) is 0 Å². The number of ether oxygens (including phenoxy) is 2. The minimum absolute atomic E-state index is 0. The molecule has 2 aromatic rings. The Morgan fingerprint density at radius 1 is 1.36 bits per heavy atom. The molecule has 0 amide bonds. The van der Waals surface area contributed by atoms with Gasteiger partial charge in [0, 0.05) is 12.2 Å². The number of carbonyl (C=O) groups is 2. The van der Waals surface area contributed by atoms with Crippen LogP contribution in [0.25, 0.3) is 11.0 Å². The number of hydrogen-bond donors (Lipinski definition) is 1. The summed E-state index contributed by atoms with van der Waals surface area (Å²) < 4.78 is 10.8. The lowest BCUT2D eigenvalue weighted by atomic mass is 9.80. The molecule has 1 aliphatic heterocycles. The minimum Gasteiger partial charge on any atom is -0.465 e. The molecule has 2 unspecified atom stereocenters. The van der Waals surface area contributed by atoms with Crippen molar-refractivity contribution in [2.45, 2.75) is 57.2 Å². The van der Waals surface area contributed by atoms with E-state index in [1.54, 1.807) is 6.92 Å². The monoisotopic (exact) mass is 426 g/mol. The Morgan fingerprint density at radius 2 is 2.14 bits per heavy atom. The average Bonchev–Trinajstić information content (AvgIpc) is 3.22. The van der Waals surface area contributed by atoms with Crippen molar-refractivity contribution in [2.24, 2.45) is 5.41 Å². The highest BCUT2D eigenvalue weighted by Crippen LogP contribution is 2.41. The molecule has 8 heteroatoms. The Bertz CT molecular complexity index is 779. The molecule has 2 atom stereocenters. The molecule has 1 aliphatic rings. The van der Waals surface area contributed by atoms with Gasteiger partial charge in [-0.25, -0.2) is 4.98 Å². The van der Waals surface area contributed by atoms with Crippen molar-refractivity contribution < 1.29 is 19.1 Å². The van der Waals surface area contributed by atoms with Gasteiger partial charge in [-0.1, -0.05) is 50.1 Å². The number of aromatic nitrogens is 2. The van der Waals surface area contributed by atoms with E-state index in [1.807, 2.05) is 24.3 Å². The number of esters is 2. The summed E-state index contributed by atoms with van der Waals surface area (Å²) in [4.78, 5) is 33.0. The Morgan fingerprint density at radius 3 is 2.86 bits per heavy atom. The zero-order valence-electron chi connectivity index (χ0n) is 16.2. The molecular formula is C20H27ClN2O4S.